The van der Waals surface area contributed by atoms with Gasteiger partial charge in [-0.25, -0.2) is 4.98 Å². The Morgan fingerprint density at radius 3 is 2.84 bits per heavy atom. The van der Waals surface area contributed by atoms with Crippen LogP contribution >= 0.6 is 0 Å². The van der Waals surface area contributed by atoms with Crippen molar-refractivity contribution >= 4 is 11.6 Å². The average Bonchev–Trinajstić information content (AvgIpc) is 3.23. The summed E-state index contributed by atoms with van der Waals surface area (Å²) in [6.07, 6.45) is 5.06. The van der Waals surface area contributed by atoms with Crippen molar-refractivity contribution in [2.24, 2.45) is 17.6 Å². The fourth-order valence-corrected chi connectivity index (χ4v) is 4.32. The highest BCUT2D eigenvalue weighted by Gasteiger charge is 2.39. The summed E-state index contributed by atoms with van der Waals surface area (Å²) in [6, 6.07) is 6.19. The van der Waals surface area contributed by atoms with Crippen LogP contribution in [0.1, 0.15) is 30.7 Å². The van der Waals surface area contributed by atoms with E-state index < -0.39 is 0 Å². The van der Waals surface area contributed by atoms with Crippen molar-refractivity contribution in [3.8, 4) is 0 Å². The van der Waals surface area contributed by atoms with E-state index in [0.717, 1.165) is 50.2 Å². The Kier molecular flexibility index (Phi) is 4.48. The summed E-state index contributed by atoms with van der Waals surface area (Å²) in [7, 11) is 0. The first kappa shape index (κ1) is 16.5. The van der Waals surface area contributed by atoms with Gasteiger partial charge in [-0.1, -0.05) is 6.07 Å². The molecule has 0 saturated carbocycles. The zero-order chi connectivity index (χ0) is 17.4. The standard InChI is InChI=1S/C19H26N4O2/c1-13-3-2-4-17-21-15(12-23(13)17)11-22-8-5-14(6-9-22)18-16(19(20)24)7-10-25-18/h2-4,12,14,16,18H,5-11H2,1H3,(H2,20,24)/t16-,18+/m0/s1. The van der Waals surface area contributed by atoms with Crippen LogP contribution in [0.25, 0.3) is 5.65 Å². The molecular weight excluding hydrogens is 316 g/mol. The van der Waals surface area contributed by atoms with Gasteiger partial charge in [0.15, 0.2) is 0 Å². The number of hydrogen-bond acceptors (Lipinski definition) is 4. The van der Waals surface area contributed by atoms with Crippen molar-refractivity contribution < 1.29 is 9.53 Å². The van der Waals surface area contributed by atoms with E-state index in [1.165, 1.54) is 5.69 Å². The van der Waals surface area contributed by atoms with E-state index in [4.69, 9.17) is 15.5 Å². The van der Waals surface area contributed by atoms with Gasteiger partial charge in [0.05, 0.1) is 17.7 Å². The number of aromatic nitrogens is 2. The van der Waals surface area contributed by atoms with Gasteiger partial charge in [-0.05, 0) is 57.3 Å². The summed E-state index contributed by atoms with van der Waals surface area (Å²) < 4.78 is 7.98. The molecular formula is C19H26N4O2. The van der Waals surface area contributed by atoms with Gasteiger partial charge >= 0.3 is 0 Å². The molecule has 0 spiro atoms. The van der Waals surface area contributed by atoms with Gasteiger partial charge in [-0.3, -0.25) is 9.69 Å². The number of carbonyl (C=O) groups excluding carboxylic acids is 1. The number of nitrogens with two attached hydrogens (primary N) is 1. The van der Waals surface area contributed by atoms with Crippen LogP contribution in [-0.2, 0) is 16.1 Å². The second-order valence-electron chi connectivity index (χ2n) is 7.37. The largest absolute Gasteiger partial charge is 0.377 e. The molecule has 4 rings (SSSR count). The lowest BCUT2D eigenvalue weighted by Crippen LogP contribution is -2.41. The number of primary amides is 1. The van der Waals surface area contributed by atoms with E-state index in [9.17, 15) is 4.79 Å². The van der Waals surface area contributed by atoms with Crippen LogP contribution in [-0.4, -0.2) is 46.0 Å². The molecule has 1 amide bonds. The van der Waals surface area contributed by atoms with Crippen molar-refractivity contribution in [3.05, 3.63) is 35.8 Å². The molecule has 0 unspecified atom stereocenters. The third-order valence-corrected chi connectivity index (χ3v) is 5.73. The molecule has 6 heteroatoms. The van der Waals surface area contributed by atoms with Crippen LogP contribution in [0.5, 0.6) is 0 Å². The highest BCUT2D eigenvalue weighted by Crippen LogP contribution is 2.33. The van der Waals surface area contributed by atoms with Gasteiger partial charge in [0.2, 0.25) is 5.91 Å². The topological polar surface area (TPSA) is 72.9 Å². The first-order chi connectivity index (χ1) is 12.1. The van der Waals surface area contributed by atoms with Gasteiger partial charge in [-0.15, -0.1) is 0 Å². The fourth-order valence-electron chi connectivity index (χ4n) is 4.32. The lowest BCUT2D eigenvalue weighted by molar-refractivity contribution is -0.124. The zero-order valence-corrected chi connectivity index (χ0v) is 14.7. The van der Waals surface area contributed by atoms with Crippen molar-refractivity contribution in [2.45, 2.75) is 38.8 Å². The maximum Gasteiger partial charge on any atom is 0.223 e. The smallest absolute Gasteiger partial charge is 0.223 e. The summed E-state index contributed by atoms with van der Waals surface area (Å²) in [5.74, 6) is 0.141. The molecule has 2 aromatic heterocycles. The van der Waals surface area contributed by atoms with Gasteiger partial charge in [0, 0.05) is 25.0 Å². The molecule has 2 aromatic rings. The molecule has 2 atom stereocenters. The lowest BCUT2D eigenvalue weighted by Gasteiger charge is -2.35. The van der Waals surface area contributed by atoms with Crippen molar-refractivity contribution in [1.82, 2.24) is 14.3 Å². The van der Waals surface area contributed by atoms with Gasteiger partial charge in [0.1, 0.15) is 5.65 Å². The molecule has 4 heterocycles. The summed E-state index contributed by atoms with van der Waals surface area (Å²) in [5, 5.41) is 0. The Hall–Kier alpha value is -1.92. The molecule has 134 valence electrons. The molecule has 2 fully saturated rings. The van der Waals surface area contributed by atoms with Crippen molar-refractivity contribution in [3.63, 3.8) is 0 Å². The minimum absolute atomic E-state index is 0.0255. The number of piperidine rings is 1. The van der Waals surface area contributed by atoms with Crippen LogP contribution in [0.15, 0.2) is 24.4 Å². The number of pyridine rings is 1. The molecule has 0 radical (unpaired) electrons. The zero-order valence-electron chi connectivity index (χ0n) is 14.7. The predicted octanol–water partition coefficient (Wildman–Crippen LogP) is 1.75. The Labute approximate surface area is 148 Å². The first-order valence-corrected chi connectivity index (χ1v) is 9.18. The third-order valence-electron chi connectivity index (χ3n) is 5.73. The molecule has 25 heavy (non-hydrogen) atoms. The van der Waals surface area contributed by atoms with Crippen LogP contribution in [0.4, 0.5) is 0 Å². The van der Waals surface area contributed by atoms with E-state index in [0.29, 0.717) is 12.5 Å². The molecule has 2 aliphatic rings. The van der Waals surface area contributed by atoms with E-state index in [1.54, 1.807) is 0 Å². The second-order valence-corrected chi connectivity index (χ2v) is 7.37. The first-order valence-electron chi connectivity index (χ1n) is 9.18. The number of imidazole rings is 1. The Balaban J connectivity index is 1.37. The molecule has 2 saturated heterocycles. The lowest BCUT2D eigenvalue weighted by atomic mass is 9.84. The van der Waals surface area contributed by atoms with E-state index >= 15 is 0 Å². The number of hydrogen-bond donors (Lipinski definition) is 1. The number of likely N-dealkylation sites (tertiary alicyclic amines) is 1. The number of fused-ring (bicyclic) bond motifs is 1. The number of rotatable bonds is 4. The fraction of sp³-hybridized carbons (Fsp3) is 0.579. The quantitative estimate of drug-likeness (QED) is 0.919. The van der Waals surface area contributed by atoms with Crippen molar-refractivity contribution in [1.29, 1.82) is 0 Å². The number of carbonyl (C=O) groups is 1. The summed E-state index contributed by atoms with van der Waals surface area (Å²) in [5.41, 5.74) is 8.85. The van der Waals surface area contributed by atoms with E-state index in [2.05, 4.69) is 28.5 Å². The minimum atomic E-state index is -0.204. The Bertz CT molecular complexity index is 764. The highest BCUT2D eigenvalue weighted by atomic mass is 16.5. The maximum absolute atomic E-state index is 11.6. The van der Waals surface area contributed by atoms with E-state index in [-0.39, 0.29) is 17.9 Å². The average molecular weight is 342 g/mol. The number of nitrogens with zero attached hydrogens (tertiary/aromatic N) is 3. The summed E-state index contributed by atoms with van der Waals surface area (Å²) in [4.78, 5) is 18.8. The number of ether oxygens (including phenoxy) is 1. The van der Waals surface area contributed by atoms with E-state index in [1.807, 2.05) is 12.1 Å². The van der Waals surface area contributed by atoms with Gasteiger partial charge in [0.25, 0.3) is 0 Å². The van der Waals surface area contributed by atoms with Crippen LogP contribution in [0.3, 0.4) is 0 Å². The normalized spacial score (nSPS) is 25.6. The second kappa shape index (κ2) is 6.77. The highest BCUT2D eigenvalue weighted by molar-refractivity contribution is 5.77. The monoisotopic (exact) mass is 342 g/mol. The molecule has 0 aliphatic carbocycles. The third kappa shape index (κ3) is 3.28. The summed E-state index contributed by atoms with van der Waals surface area (Å²) in [6.45, 7) is 5.67. The minimum Gasteiger partial charge on any atom is -0.377 e. The SMILES string of the molecule is Cc1cccc2nc(CN3CCC([C@H]4OCC[C@@H]4C(N)=O)CC3)cn12. The summed E-state index contributed by atoms with van der Waals surface area (Å²) >= 11 is 0. The Morgan fingerprint density at radius 2 is 2.12 bits per heavy atom. The Morgan fingerprint density at radius 1 is 1.32 bits per heavy atom. The molecule has 0 aromatic carbocycles. The molecule has 2 aliphatic heterocycles. The van der Waals surface area contributed by atoms with Crippen LogP contribution < -0.4 is 5.73 Å². The molecule has 0 bridgehead atoms. The van der Waals surface area contributed by atoms with Crippen LogP contribution in [0.2, 0.25) is 0 Å². The maximum atomic E-state index is 11.6. The molecule has 2 N–H and O–H groups in total. The van der Waals surface area contributed by atoms with Crippen LogP contribution in [0, 0.1) is 18.8 Å². The molecule has 6 nitrogen and oxygen atoms in total. The number of amides is 1. The number of aryl methyl sites for hydroxylation is 1. The van der Waals surface area contributed by atoms with Gasteiger partial charge < -0.3 is 14.9 Å². The predicted molar refractivity (Wildman–Crippen MR) is 95.0 cm³/mol. The van der Waals surface area contributed by atoms with Gasteiger partial charge in [-0.2, -0.15) is 0 Å². The van der Waals surface area contributed by atoms with Crippen molar-refractivity contribution in [2.75, 3.05) is 19.7 Å².